The van der Waals surface area contributed by atoms with Crippen LogP contribution in [-0.2, 0) is 9.47 Å². The zero-order chi connectivity index (χ0) is 9.86. The van der Waals surface area contributed by atoms with Crippen molar-refractivity contribution in [3.63, 3.8) is 0 Å². The van der Waals surface area contributed by atoms with Crippen molar-refractivity contribution >= 4 is 0 Å². The summed E-state index contributed by atoms with van der Waals surface area (Å²) in [6.45, 7) is 2.71. The molecule has 2 unspecified atom stereocenters. The smallest absolute Gasteiger partial charge is 0.0920 e. The number of hydrogen-bond acceptors (Lipinski definition) is 3. The Bertz CT molecular complexity index is 171. The van der Waals surface area contributed by atoms with Gasteiger partial charge in [0.2, 0.25) is 0 Å². The van der Waals surface area contributed by atoms with Gasteiger partial charge in [0.05, 0.1) is 18.3 Å². The second-order valence-electron chi connectivity index (χ2n) is 4.53. The van der Waals surface area contributed by atoms with Crippen LogP contribution < -0.4 is 5.32 Å². The number of ether oxygens (including phenoxy) is 2. The molecule has 0 aromatic carbocycles. The fraction of sp³-hybridized carbons (Fsp3) is 1.00. The summed E-state index contributed by atoms with van der Waals surface area (Å²) in [6.07, 6.45) is 6.42. The second-order valence-corrected chi connectivity index (χ2v) is 4.53. The van der Waals surface area contributed by atoms with Crippen LogP contribution in [0.4, 0.5) is 0 Å². The molecule has 2 heterocycles. The molecule has 0 radical (unpaired) electrons. The molecule has 0 bridgehead atoms. The predicted octanol–water partition coefficient (Wildman–Crippen LogP) is 1.32. The third-order valence-electron chi connectivity index (χ3n) is 3.29. The maximum atomic E-state index is 6.17. The van der Waals surface area contributed by atoms with Gasteiger partial charge in [-0.2, -0.15) is 0 Å². The standard InChI is InChI=1S/C11H21NO2/c1-12-8-10-4-2-5-11(14-10)6-3-7-13-9-11/h10,12H,2-9H2,1H3. The lowest BCUT2D eigenvalue weighted by atomic mass is 9.87. The molecule has 2 atom stereocenters. The van der Waals surface area contributed by atoms with Gasteiger partial charge in [0.25, 0.3) is 0 Å². The average Bonchev–Trinajstić information content (AvgIpc) is 2.19. The van der Waals surface area contributed by atoms with Gasteiger partial charge in [0.1, 0.15) is 0 Å². The van der Waals surface area contributed by atoms with Crippen LogP contribution in [0.25, 0.3) is 0 Å². The van der Waals surface area contributed by atoms with Gasteiger partial charge in [0.15, 0.2) is 0 Å². The van der Waals surface area contributed by atoms with E-state index >= 15 is 0 Å². The topological polar surface area (TPSA) is 30.5 Å². The maximum absolute atomic E-state index is 6.17. The molecule has 1 spiro atoms. The summed E-state index contributed by atoms with van der Waals surface area (Å²) in [5.74, 6) is 0. The minimum Gasteiger partial charge on any atom is -0.378 e. The van der Waals surface area contributed by atoms with Gasteiger partial charge >= 0.3 is 0 Å². The van der Waals surface area contributed by atoms with Gasteiger partial charge in [-0.15, -0.1) is 0 Å². The number of likely N-dealkylation sites (N-methyl/N-ethyl adjacent to an activating group) is 1. The summed E-state index contributed by atoms with van der Waals surface area (Å²) < 4.78 is 11.7. The number of nitrogens with one attached hydrogen (secondary N) is 1. The maximum Gasteiger partial charge on any atom is 0.0920 e. The summed E-state index contributed by atoms with van der Waals surface area (Å²) in [7, 11) is 1.99. The van der Waals surface area contributed by atoms with E-state index in [0.717, 1.165) is 26.2 Å². The summed E-state index contributed by atoms with van der Waals surface area (Å²) in [5, 5.41) is 3.19. The lowest BCUT2D eigenvalue weighted by Crippen LogP contribution is -2.49. The van der Waals surface area contributed by atoms with E-state index < -0.39 is 0 Å². The minimum absolute atomic E-state index is 0.0675. The van der Waals surface area contributed by atoms with Crippen molar-refractivity contribution in [3.8, 4) is 0 Å². The lowest BCUT2D eigenvalue weighted by molar-refractivity contribution is -0.181. The molecule has 0 aromatic heterocycles. The minimum atomic E-state index is 0.0675. The molecule has 2 aliphatic heterocycles. The third kappa shape index (κ3) is 2.27. The highest BCUT2D eigenvalue weighted by atomic mass is 16.6. The first kappa shape index (κ1) is 10.4. The Labute approximate surface area is 86.2 Å². The van der Waals surface area contributed by atoms with Gasteiger partial charge in [-0.3, -0.25) is 0 Å². The van der Waals surface area contributed by atoms with Crippen molar-refractivity contribution in [2.45, 2.75) is 43.8 Å². The van der Waals surface area contributed by atoms with Crippen molar-refractivity contribution in [1.82, 2.24) is 5.32 Å². The molecule has 2 rings (SSSR count). The Balaban J connectivity index is 1.91. The van der Waals surface area contributed by atoms with Crippen LogP contribution in [0.15, 0.2) is 0 Å². The van der Waals surface area contributed by atoms with E-state index in [0.29, 0.717) is 6.10 Å². The molecule has 82 valence electrons. The van der Waals surface area contributed by atoms with Gasteiger partial charge in [-0.05, 0) is 39.2 Å². The third-order valence-corrected chi connectivity index (χ3v) is 3.29. The molecule has 3 heteroatoms. The van der Waals surface area contributed by atoms with Crippen molar-refractivity contribution in [1.29, 1.82) is 0 Å². The van der Waals surface area contributed by atoms with E-state index in [1.807, 2.05) is 7.05 Å². The first-order valence-corrected chi connectivity index (χ1v) is 5.75. The van der Waals surface area contributed by atoms with E-state index in [4.69, 9.17) is 9.47 Å². The Morgan fingerprint density at radius 1 is 1.36 bits per heavy atom. The van der Waals surface area contributed by atoms with Crippen LogP contribution in [0.2, 0.25) is 0 Å². The normalized spacial score (nSPS) is 38.8. The predicted molar refractivity (Wildman–Crippen MR) is 55.4 cm³/mol. The van der Waals surface area contributed by atoms with E-state index in [2.05, 4.69) is 5.32 Å². The zero-order valence-corrected chi connectivity index (χ0v) is 9.05. The van der Waals surface area contributed by atoms with Crippen LogP contribution in [0.3, 0.4) is 0 Å². The van der Waals surface area contributed by atoms with Crippen molar-refractivity contribution in [2.75, 3.05) is 26.8 Å². The first-order chi connectivity index (χ1) is 6.85. The lowest BCUT2D eigenvalue weighted by Gasteiger charge is -2.43. The van der Waals surface area contributed by atoms with E-state index in [1.165, 1.54) is 25.7 Å². The highest BCUT2D eigenvalue weighted by Crippen LogP contribution is 2.34. The van der Waals surface area contributed by atoms with Crippen molar-refractivity contribution < 1.29 is 9.47 Å². The van der Waals surface area contributed by atoms with Crippen LogP contribution in [0, 0.1) is 0 Å². The molecule has 0 aromatic rings. The highest BCUT2D eigenvalue weighted by Gasteiger charge is 2.38. The molecular formula is C11H21NO2. The van der Waals surface area contributed by atoms with Gasteiger partial charge in [-0.1, -0.05) is 0 Å². The fourth-order valence-corrected chi connectivity index (χ4v) is 2.61. The van der Waals surface area contributed by atoms with Crippen molar-refractivity contribution in [3.05, 3.63) is 0 Å². The van der Waals surface area contributed by atoms with E-state index in [9.17, 15) is 0 Å². The number of hydrogen-bond donors (Lipinski definition) is 1. The molecule has 2 aliphatic rings. The quantitative estimate of drug-likeness (QED) is 0.727. The average molecular weight is 199 g/mol. The molecule has 0 saturated carbocycles. The zero-order valence-electron chi connectivity index (χ0n) is 9.05. The summed E-state index contributed by atoms with van der Waals surface area (Å²) in [5.41, 5.74) is 0.0675. The Hall–Kier alpha value is -0.120. The molecule has 14 heavy (non-hydrogen) atoms. The largest absolute Gasteiger partial charge is 0.378 e. The Kier molecular flexibility index (Phi) is 3.42. The van der Waals surface area contributed by atoms with Crippen LogP contribution in [0.1, 0.15) is 32.1 Å². The highest BCUT2D eigenvalue weighted by molar-refractivity contribution is 4.88. The Morgan fingerprint density at radius 2 is 2.21 bits per heavy atom. The Morgan fingerprint density at radius 3 is 2.93 bits per heavy atom. The molecule has 0 aliphatic carbocycles. The van der Waals surface area contributed by atoms with Crippen LogP contribution in [-0.4, -0.2) is 38.5 Å². The van der Waals surface area contributed by atoms with E-state index in [1.54, 1.807) is 0 Å². The molecule has 2 fully saturated rings. The molecule has 1 N–H and O–H groups in total. The monoisotopic (exact) mass is 199 g/mol. The fourth-order valence-electron chi connectivity index (χ4n) is 2.61. The molecule has 3 nitrogen and oxygen atoms in total. The number of rotatable bonds is 2. The molecule has 0 amide bonds. The van der Waals surface area contributed by atoms with Crippen LogP contribution in [0.5, 0.6) is 0 Å². The SMILES string of the molecule is CNCC1CCCC2(CCCOC2)O1. The molecule has 2 saturated heterocycles. The first-order valence-electron chi connectivity index (χ1n) is 5.75. The summed E-state index contributed by atoms with van der Waals surface area (Å²) in [6, 6.07) is 0. The van der Waals surface area contributed by atoms with E-state index in [-0.39, 0.29) is 5.60 Å². The summed E-state index contributed by atoms with van der Waals surface area (Å²) >= 11 is 0. The van der Waals surface area contributed by atoms with Gasteiger partial charge < -0.3 is 14.8 Å². The molecular weight excluding hydrogens is 178 g/mol. The summed E-state index contributed by atoms with van der Waals surface area (Å²) in [4.78, 5) is 0. The van der Waals surface area contributed by atoms with Gasteiger partial charge in [0, 0.05) is 13.2 Å². The van der Waals surface area contributed by atoms with Gasteiger partial charge in [-0.25, -0.2) is 0 Å². The van der Waals surface area contributed by atoms with Crippen LogP contribution >= 0.6 is 0 Å². The second kappa shape index (κ2) is 4.60. The van der Waals surface area contributed by atoms with Crippen molar-refractivity contribution in [2.24, 2.45) is 0 Å².